The van der Waals surface area contributed by atoms with Gasteiger partial charge in [-0.2, -0.15) is 0 Å². The summed E-state index contributed by atoms with van der Waals surface area (Å²) in [5.74, 6) is 2.02. The molecule has 0 spiro atoms. The summed E-state index contributed by atoms with van der Waals surface area (Å²) in [6.07, 6.45) is 0.203. The van der Waals surface area contributed by atoms with Gasteiger partial charge in [-0.15, -0.1) is 0 Å². The molecule has 0 atom stereocenters. The van der Waals surface area contributed by atoms with Gasteiger partial charge in [-0.25, -0.2) is 0 Å². The van der Waals surface area contributed by atoms with Crippen LogP contribution in [0.5, 0.6) is 17.2 Å². The number of carbonyl (C=O) groups is 1. The number of aryl methyl sites for hydroxylation is 1. The van der Waals surface area contributed by atoms with Crippen molar-refractivity contribution in [3.63, 3.8) is 0 Å². The molecular weight excluding hydrogens is 330 g/mol. The maximum Gasteiger partial charge on any atom is 0.231 e. The molecule has 6 heteroatoms. The average Bonchev–Trinajstić information content (AvgIpc) is 3.00. The van der Waals surface area contributed by atoms with Crippen LogP contribution in [0.3, 0.4) is 0 Å². The van der Waals surface area contributed by atoms with Crippen LogP contribution < -0.4 is 19.5 Å². The first-order valence-electron chi connectivity index (χ1n) is 7.55. The summed E-state index contributed by atoms with van der Waals surface area (Å²) in [6.45, 7) is 2.55. The Labute approximate surface area is 145 Å². The van der Waals surface area contributed by atoms with E-state index in [1.807, 2.05) is 31.2 Å². The zero-order chi connectivity index (χ0) is 17.1. The lowest BCUT2D eigenvalue weighted by atomic mass is 10.1. The highest BCUT2D eigenvalue weighted by Crippen LogP contribution is 2.32. The SMILES string of the molecule is COc1c(C)cc(Cl)cc1CC(=O)NCc1ccc2c(c1)OCO2. The van der Waals surface area contributed by atoms with Gasteiger partial charge in [0.05, 0.1) is 13.5 Å². The second-order valence-corrected chi connectivity index (χ2v) is 5.99. The number of ether oxygens (including phenoxy) is 3. The smallest absolute Gasteiger partial charge is 0.231 e. The summed E-state index contributed by atoms with van der Waals surface area (Å²) >= 11 is 6.08. The highest BCUT2D eigenvalue weighted by molar-refractivity contribution is 6.30. The van der Waals surface area contributed by atoms with Crippen molar-refractivity contribution < 1.29 is 19.0 Å². The first-order valence-corrected chi connectivity index (χ1v) is 7.93. The summed E-state index contributed by atoms with van der Waals surface area (Å²) in [6, 6.07) is 9.18. The minimum atomic E-state index is -0.104. The van der Waals surface area contributed by atoms with Crippen molar-refractivity contribution in [2.45, 2.75) is 19.9 Å². The Bertz CT molecular complexity index is 776. The molecule has 2 aromatic rings. The predicted molar refractivity (Wildman–Crippen MR) is 90.9 cm³/mol. The van der Waals surface area contributed by atoms with Gasteiger partial charge in [0.2, 0.25) is 12.7 Å². The molecule has 1 aliphatic heterocycles. The van der Waals surface area contributed by atoms with Crippen molar-refractivity contribution in [2.75, 3.05) is 13.9 Å². The minimum Gasteiger partial charge on any atom is -0.496 e. The molecule has 0 aliphatic carbocycles. The molecule has 0 aromatic heterocycles. The second-order valence-electron chi connectivity index (χ2n) is 5.56. The molecule has 0 bridgehead atoms. The standard InChI is InChI=1S/C18H18ClNO4/c1-11-5-14(19)7-13(18(11)22-2)8-17(21)20-9-12-3-4-15-16(6-12)24-10-23-15/h3-7H,8-10H2,1-2H3,(H,20,21). The van der Waals surface area contributed by atoms with Crippen molar-refractivity contribution in [2.24, 2.45) is 0 Å². The van der Waals surface area contributed by atoms with Gasteiger partial charge >= 0.3 is 0 Å². The third-order valence-corrected chi connectivity index (χ3v) is 4.02. The number of halogens is 1. The van der Waals surface area contributed by atoms with Crippen molar-refractivity contribution in [3.05, 3.63) is 52.0 Å². The number of carbonyl (C=O) groups excluding carboxylic acids is 1. The molecular formula is C18H18ClNO4. The maximum atomic E-state index is 12.2. The van der Waals surface area contributed by atoms with Gasteiger partial charge in [-0.05, 0) is 42.3 Å². The Balaban J connectivity index is 1.64. The molecule has 2 aromatic carbocycles. The van der Waals surface area contributed by atoms with E-state index in [-0.39, 0.29) is 19.1 Å². The van der Waals surface area contributed by atoms with E-state index in [1.54, 1.807) is 13.2 Å². The van der Waals surface area contributed by atoms with Crippen LogP contribution in [0.2, 0.25) is 5.02 Å². The van der Waals surface area contributed by atoms with E-state index < -0.39 is 0 Å². The van der Waals surface area contributed by atoms with Crippen molar-refractivity contribution in [3.8, 4) is 17.2 Å². The molecule has 0 fully saturated rings. The quantitative estimate of drug-likeness (QED) is 0.902. The summed E-state index contributed by atoms with van der Waals surface area (Å²) in [5.41, 5.74) is 2.62. The van der Waals surface area contributed by atoms with Crippen LogP contribution in [0.4, 0.5) is 0 Å². The summed E-state index contributed by atoms with van der Waals surface area (Å²) < 4.78 is 16.0. The number of methoxy groups -OCH3 is 1. The van der Waals surface area contributed by atoms with Gasteiger partial charge in [-0.3, -0.25) is 4.79 Å². The lowest BCUT2D eigenvalue weighted by molar-refractivity contribution is -0.120. The average molecular weight is 348 g/mol. The van der Waals surface area contributed by atoms with Gasteiger partial charge in [0.1, 0.15) is 5.75 Å². The molecule has 1 heterocycles. The molecule has 3 rings (SSSR count). The number of nitrogens with one attached hydrogen (secondary N) is 1. The van der Waals surface area contributed by atoms with Gasteiger partial charge in [0, 0.05) is 17.1 Å². The zero-order valence-corrected chi connectivity index (χ0v) is 14.3. The molecule has 24 heavy (non-hydrogen) atoms. The van der Waals surface area contributed by atoms with Gasteiger partial charge in [0.15, 0.2) is 11.5 Å². The third kappa shape index (κ3) is 3.57. The summed E-state index contributed by atoms with van der Waals surface area (Å²) in [5, 5.41) is 3.48. The molecule has 126 valence electrons. The fraction of sp³-hybridized carbons (Fsp3) is 0.278. The van der Waals surface area contributed by atoms with E-state index in [0.717, 1.165) is 22.4 Å². The van der Waals surface area contributed by atoms with Gasteiger partial charge in [-0.1, -0.05) is 17.7 Å². The number of hydrogen-bond donors (Lipinski definition) is 1. The Morgan fingerprint density at radius 3 is 2.83 bits per heavy atom. The Morgan fingerprint density at radius 1 is 1.25 bits per heavy atom. The number of amides is 1. The fourth-order valence-electron chi connectivity index (χ4n) is 2.71. The van der Waals surface area contributed by atoms with E-state index in [2.05, 4.69) is 5.32 Å². The maximum absolute atomic E-state index is 12.2. The lowest BCUT2D eigenvalue weighted by Crippen LogP contribution is -2.24. The predicted octanol–water partition coefficient (Wildman–Crippen LogP) is 3.24. The molecule has 5 nitrogen and oxygen atoms in total. The minimum absolute atomic E-state index is 0.104. The summed E-state index contributed by atoms with van der Waals surface area (Å²) in [7, 11) is 1.59. The largest absolute Gasteiger partial charge is 0.496 e. The highest BCUT2D eigenvalue weighted by Gasteiger charge is 2.15. The molecule has 0 radical (unpaired) electrons. The Kier molecular flexibility index (Phi) is 4.81. The first-order chi connectivity index (χ1) is 11.6. The fourth-order valence-corrected chi connectivity index (χ4v) is 3.01. The van der Waals surface area contributed by atoms with Crippen LogP contribution in [-0.4, -0.2) is 19.8 Å². The van der Waals surface area contributed by atoms with Crippen LogP contribution >= 0.6 is 11.6 Å². The van der Waals surface area contributed by atoms with Crippen LogP contribution in [-0.2, 0) is 17.8 Å². The van der Waals surface area contributed by atoms with Crippen molar-refractivity contribution in [1.82, 2.24) is 5.32 Å². The number of fused-ring (bicyclic) bond motifs is 1. The van der Waals surface area contributed by atoms with E-state index in [4.69, 9.17) is 25.8 Å². The molecule has 0 saturated heterocycles. The molecule has 0 unspecified atom stereocenters. The summed E-state index contributed by atoms with van der Waals surface area (Å²) in [4.78, 5) is 12.2. The molecule has 1 N–H and O–H groups in total. The third-order valence-electron chi connectivity index (χ3n) is 3.80. The van der Waals surface area contributed by atoms with Crippen LogP contribution in [0.25, 0.3) is 0 Å². The monoisotopic (exact) mass is 347 g/mol. The number of hydrogen-bond acceptors (Lipinski definition) is 4. The van der Waals surface area contributed by atoms with Crippen molar-refractivity contribution in [1.29, 1.82) is 0 Å². The Morgan fingerprint density at radius 2 is 2.04 bits per heavy atom. The lowest BCUT2D eigenvalue weighted by Gasteiger charge is -2.12. The van der Waals surface area contributed by atoms with Crippen LogP contribution in [0.15, 0.2) is 30.3 Å². The van der Waals surface area contributed by atoms with Crippen molar-refractivity contribution >= 4 is 17.5 Å². The van der Waals surface area contributed by atoms with Crippen LogP contribution in [0, 0.1) is 6.92 Å². The topological polar surface area (TPSA) is 56.8 Å². The normalized spacial score (nSPS) is 12.1. The first kappa shape index (κ1) is 16.5. The van der Waals surface area contributed by atoms with E-state index in [1.165, 1.54) is 0 Å². The molecule has 0 saturated carbocycles. The highest BCUT2D eigenvalue weighted by atomic mass is 35.5. The Hall–Kier alpha value is -2.40. The number of benzene rings is 2. The van der Waals surface area contributed by atoms with Crippen LogP contribution in [0.1, 0.15) is 16.7 Å². The number of rotatable bonds is 5. The second kappa shape index (κ2) is 7.01. The van der Waals surface area contributed by atoms with E-state index in [0.29, 0.717) is 23.1 Å². The van der Waals surface area contributed by atoms with E-state index in [9.17, 15) is 4.79 Å². The molecule has 1 amide bonds. The zero-order valence-electron chi connectivity index (χ0n) is 13.5. The van der Waals surface area contributed by atoms with E-state index >= 15 is 0 Å². The van der Waals surface area contributed by atoms with Gasteiger partial charge in [0.25, 0.3) is 0 Å². The molecule has 1 aliphatic rings. The van der Waals surface area contributed by atoms with Gasteiger partial charge < -0.3 is 19.5 Å².